The minimum atomic E-state index is -1.59. The van der Waals surface area contributed by atoms with Crippen molar-refractivity contribution >= 4 is 35.1 Å². The van der Waals surface area contributed by atoms with E-state index < -0.39 is 51.8 Å². The molecule has 2 aromatic carbocycles. The molecule has 0 saturated heterocycles. The predicted molar refractivity (Wildman–Crippen MR) is 144 cm³/mol. The van der Waals surface area contributed by atoms with Crippen molar-refractivity contribution in [3.8, 4) is 0 Å². The standard InChI is InChI=1S/C32H28O8/c1-18(21-16-23(27(35)31(2,3)25(21)33)39-29(37)19-12-8-6-9-13-19)22-17-24(28(36)32(4,5)26(22)34)40-30(38)20-14-10-7-11-15-20/h6-17,21H,1-5H3. The average molecular weight is 541 g/mol. The third kappa shape index (κ3) is 5.00. The maximum Gasteiger partial charge on any atom is 0.343 e. The van der Waals surface area contributed by atoms with Gasteiger partial charge >= 0.3 is 11.9 Å². The van der Waals surface area contributed by atoms with Gasteiger partial charge in [0.15, 0.2) is 23.1 Å². The first-order valence-corrected chi connectivity index (χ1v) is 12.6. The molecule has 2 aliphatic carbocycles. The molecule has 0 fully saturated rings. The Balaban J connectivity index is 1.78. The number of esters is 2. The third-order valence-electron chi connectivity index (χ3n) is 7.20. The van der Waals surface area contributed by atoms with Crippen LogP contribution >= 0.6 is 0 Å². The van der Waals surface area contributed by atoms with Gasteiger partial charge in [-0.25, -0.2) is 9.59 Å². The summed E-state index contributed by atoms with van der Waals surface area (Å²) < 4.78 is 10.8. The van der Waals surface area contributed by atoms with Crippen LogP contribution < -0.4 is 0 Å². The minimum absolute atomic E-state index is 0.00561. The van der Waals surface area contributed by atoms with Crippen molar-refractivity contribution < 1.29 is 38.2 Å². The van der Waals surface area contributed by atoms with Gasteiger partial charge in [0.05, 0.1) is 27.9 Å². The molecule has 2 aliphatic rings. The summed E-state index contributed by atoms with van der Waals surface area (Å²) in [7, 11) is 0. The zero-order valence-electron chi connectivity index (χ0n) is 22.8. The minimum Gasteiger partial charge on any atom is -0.419 e. The highest BCUT2D eigenvalue weighted by molar-refractivity contribution is 6.24. The van der Waals surface area contributed by atoms with Gasteiger partial charge in [-0.15, -0.1) is 0 Å². The van der Waals surface area contributed by atoms with Crippen LogP contribution in [0.3, 0.4) is 0 Å². The zero-order chi connectivity index (χ0) is 29.4. The topological polar surface area (TPSA) is 121 Å². The molecule has 0 N–H and O–H groups in total. The van der Waals surface area contributed by atoms with Crippen LogP contribution in [0.1, 0.15) is 55.3 Å². The van der Waals surface area contributed by atoms with Crippen LogP contribution in [0.5, 0.6) is 0 Å². The average Bonchev–Trinajstić information content (AvgIpc) is 2.94. The van der Waals surface area contributed by atoms with Gasteiger partial charge < -0.3 is 9.47 Å². The van der Waals surface area contributed by atoms with Gasteiger partial charge in [-0.05, 0) is 76.6 Å². The molecular formula is C32H28O8. The van der Waals surface area contributed by atoms with E-state index in [1.807, 2.05) is 0 Å². The maximum atomic E-state index is 13.5. The van der Waals surface area contributed by atoms with Crippen LogP contribution in [-0.4, -0.2) is 35.1 Å². The fourth-order valence-corrected chi connectivity index (χ4v) is 4.53. The fraction of sp³-hybridized carbons (Fsp3) is 0.250. The summed E-state index contributed by atoms with van der Waals surface area (Å²) in [6.07, 6.45) is 2.38. The van der Waals surface area contributed by atoms with Crippen LogP contribution in [0.2, 0.25) is 0 Å². The molecule has 1 unspecified atom stereocenters. The molecule has 0 heterocycles. The number of benzene rings is 2. The van der Waals surface area contributed by atoms with E-state index in [1.165, 1.54) is 65.0 Å². The predicted octanol–water partition coefficient (Wildman–Crippen LogP) is 4.76. The molecule has 40 heavy (non-hydrogen) atoms. The van der Waals surface area contributed by atoms with Gasteiger partial charge in [0.25, 0.3) is 0 Å². The van der Waals surface area contributed by atoms with E-state index in [9.17, 15) is 28.8 Å². The first-order chi connectivity index (χ1) is 18.8. The number of carbonyl (C=O) groups is 6. The highest BCUT2D eigenvalue weighted by Crippen LogP contribution is 2.40. The van der Waals surface area contributed by atoms with Crippen LogP contribution in [0, 0.1) is 16.7 Å². The van der Waals surface area contributed by atoms with Gasteiger partial charge in [-0.3, -0.25) is 19.2 Å². The summed E-state index contributed by atoms with van der Waals surface area (Å²) >= 11 is 0. The van der Waals surface area contributed by atoms with E-state index >= 15 is 0 Å². The highest BCUT2D eigenvalue weighted by atomic mass is 16.5. The van der Waals surface area contributed by atoms with Gasteiger partial charge in [0.2, 0.25) is 11.6 Å². The van der Waals surface area contributed by atoms with E-state index in [-0.39, 0.29) is 33.8 Å². The summed E-state index contributed by atoms with van der Waals surface area (Å²) in [5.74, 6) is -5.78. The molecule has 0 spiro atoms. The smallest absolute Gasteiger partial charge is 0.343 e. The number of ketones is 4. The maximum absolute atomic E-state index is 13.5. The Kier molecular flexibility index (Phi) is 7.39. The first kappa shape index (κ1) is 28.3. The zero-order valence-corrected chi connectivity index (χ0v) is 22.8. The van der Waals surface area contributed by atoms with Crippen molar-refractivity contribution in [1.82, 2.24) is 0 Å². The molecule has 0 aliphatic heterocycles. The van der Waals surface area contributed by atoms with Crippen molar-refractivity contribution in [2.24, 2.45) is 16.7 Å². The lowest BCUT2D eigenvalue weighted by molar-refractivity contribution is -0.140. The molecule has 204 valence electrons. The monoisotopic (exact) mass is 540 g/mol. The van der Waals surface area contributed by atoms with Crippen LogP contribution in [0.25, 0.3) is 0 Å². The van der Waals surface area contributed by atoms with Crippen LogP contribution in [-0.2, 0) is 28.7 Å². The Morgan fingerprint density at radius 2 is 1.10 bits per heavy atom. The molecule has 0 bridgehead atoms. The third-order valence-corrected chi connectivity index (χ3v) is 7.20. The largest absolute Gasteiger partial charge is 0.419 e. The van der Waals surface area contributed by atoms with Crippen molar-refractivity contribution in [3.05, 3.63) is 107 Å². The number of ether oxygens (including phenoxy) is 2. The van der Waals surface area contributed by atoms with Crippen molar-refractivity contribution in [1.29, 1.82) is 0 Å². The summed E-state index contributed by atoms with van der Waals surface area (Å²) in [6.45, 7) is 7.19. The second kappa shape index (κ2) is 10.4. The van der Waals surface area contributed by atoms with Crippen molar-refractivity contribution in [2.45, 2.75) is 34.6 Å². The second-order valence-corrected chi connectivity index (χ2v) is 10.7. The van der Waals surface area contributed by atoms with Crippen molar-refractivity contribution in [3.63, 3.8) is 0 Å². The Hall–Kier alpha value is -4.72. The molecular weight excluding hydrogens is 512 g/mol. The number of allylic oxidation sites excluding steroid dienone is 6. The lowest BCUT2D eigenvalue weighted by Gasteiger charge is -2.33. The second-order valence-electron chi connectivity index (χ2n) is 10.7. The molecule has 1 atom stereocenters. The SMILES string of the molecule is CC(=C1C=C(OC(=O)c2ccccc2)C(=O)C(C)(C)C1=O)C1C=C(OC(=O)c2ccccc2)C(=O)C(C)(C)C1=O. The van der Waals surface area contributed by atoms with E-state index in [2.05, 4.69) is 0 Å². The van der Waals surface area contributed by atoms with E-state index in [1.54, 1.807) is 36.4 Å². The summed E-state index contributed by atoms with van der Waals surface area (Å²) in [6, 6.07) is 16.1. The lowest BCUT2D eigenvalue weighted by Crippen LogP contribution is -2.44. The van der Waals surface area contributed by atoms with E-state index in [0.29, 0.717) is 0 Å². The van der Waals surface area contributed by atoms with Gasteiger partial charge in [0, 0.05) is 5.57 Å². The molecule has 0 amide bonds. The lowest BCUT2D eigenvalue weighted by atomic mass is 9.68. The Bertz CT molecular complexity index is 1540. The molecule has 2 aromatic rings. The van der Waals surface area contributed by atoms with Gasteiger partial charge in [-0.2, -0.15) is 0 Å². The molecule has 0 radical (unpaired) electrons. The molecule has 0 aromatic heterocycles. The number of rotatable bonds is 5. The van der Waals surface area contributed by atoms with Gasteiger partial charge in [0.1, 0.15) is 0 Å². The Labute approximate surface area is 231 Å². The number of carbonyl (C=O) groups excluding carboxylic acids is 6. The molecule has 0 saturated carbocycles. The molecule has 8 nitrogen and oxygen atoms in total. The Morgan fingerprint density at radius 3 is 1.60 bits per heavy atom. The normalized spacial score (nSPS) is 21.3. The fourth-order valence-electron chi connectivity index (χ4n) is 4.53. The van der Waals surface area contributed by atoms with E-state index in [4.69, 9.17) is 9.47 Å². The highest BCUT2D eigenvalue weighted by Gasteiger charge is 2.49. The van der Waals surface area contributed by atoms with E-state index in [0.717, 1.165) is 6.08 Å². The quantitative estimate of drug-likeness (QED) is 0.302. The number of Topliss-reactive ketones (excluding diaryl/α,β-unsaturated/α-hetero) is 4. The van der Waals surface area contributed by atoms with Crippen LogP contribution in [0.15, 0.2) is 95.5 Å². The molecule has 4 rings (SSSR count). The summed E-state index contributed by atoms with van der Waals surface area (Å²) in [5.41, 5.74) is -2.51. The summed E-state index contributed by atoms with van der Waals surface area (Å²) in [4.78, 5) is 78.6. The van der Waals surface area contributed by atoms with Gasteiger partial charge in [-0.1, -0.05) is 36.4 Å². The van der Waals surface area contributed by atoms with Crippen LogP contribution in [0.4, 0.5) is 0 Å². The molecule has 8 heteroatoms. The Morgan fingerprint density at radius 1 is 0.650 bits per heavy atom. The number of hydrogen-bond acceptors (Lipinski definition) is 8. The first-order valence-electron chi connectivity index (χ1n) is 12.6. The number of hydrogen-bond donors (Lipinski definition) is 0. The van der Waals surface area contributed by atoms with Crippen molar-refractivity contribution in [2.75, 3.05) is 0 Å². The summed E-state index contributed by atoms with van der Waals surface area (Å²) in [5, 5.41) is 0.